The molecule has 0 unspecified atom stereocenters. The number of carbonyl (C=O) groups excluding carboxylic acids is 2. The van der Waals surface area contributed by atoms with Gasteiger partial charge in [-0.3, -0.25) is 4.79 Å². The van der Waals surface area contributed by atoms with Crippen LogP contribution >= 0.6 is 0 Å². The van der Waals surface area contributed by atoms with Crippen LogP contribution in [-0.4, -0.2) is 18.5 Å². The molecule has 1 aromatic carbocycles. The molecule has 0 spiro atoms. The Bertz CT molecular complexity index is 873. The van der Waals surface area contributed by atoms with E-state index in [0.717, 1.165) is 5.56 Å². The van der Waals surface area contributed by atoms with E-state index < -0.39 is 17.5 Å². The van der Waals surface area contributed by atoms with E-state index >= 15 is 0 Å². The molecule has 0 bridgehead atoms. The summed E-state index contributed by atoms with van der Waals surface area (Å²) in [5.41, 5.74) is 0.731. The number of rotatable bonds is 4. The first-order chi connectivity index (χ1) is 12.1. The van der Waals surface area contributed by atoms with Crippen molar-refractivity contribution in [3.8, 4) is 0 Å². The van der Waals surface area contributed by atoms with Crippen LogP contribution in [0.3, 0.4) is 0 Å². The van der Waals surface area contributed by atoms with Crippen LogP contribution in [0.4, 0.5) is 5.69 Å². The summed E-state index contributed by atoms with van der Waals surface area (Å²) in [5, 5.41) is 2.50. The highest BCUT2D eigenvalue weighted by molar-refractivity contribution is 6.04. The number of nitrogens with one attached hydrogen (secondary N) is 1. The van der Waals surface area contributed by atoms with Crippen molar-refractivity contribution < 1.29 is 18.7 Å². The lowest BCUT2D eigenvalue weighted by molar-refractivity contribution is 0.0521. The normalized spacial score (nSPS) is 11.1. The second-order valence-corrected chi connectivity index (χ2v) is 6.92. The zero-order valence-corrected chi connectivity index (χ0v) is 15.6. The highest BCUT2D eigenvalue weighted by Gasteiger charge is 2.18. The Kier molecular flexibility index (Phi) is 5.65. The lowest BCUT2D eigenvalue weighted by Gasteiger charge is -2.19. The summed E-state index contributed by atoms with van der Waals surface area (Å²) < 4.78 is 9.96. The third-order valence-electron chi connectivity index (χ3n) is 3.89. The Balaban J connectivity index is 2.27. The highest BCUT2D eigenvalue weighted by Crippen LogP contribution is 2.22. The molecule has 1 aromatic heterocycles. The van der Waals surface area contributed by atoms with Gasteiger partial charge in [-0.1, -0.05) is 32.9 Å². The zero-order valence-electron chi connectivity index (χ0n) is 15.6. The molecule has 0 saturated heterocycles. The van der Waals surface area contributed by atoms with E-state index in [2.05, 4.69) is 26.1 Å². The number of hydrogen-bond donors (Lipinski definition) is 1. The second-order valence-electron chi connectivity index (χ2n) is 6.92. The third-order valence-corrected chi connectivity index (χ3v) is 3.89. The van der Waals surface area contributed by atoms with Crippen LogP contribution in [0.2, 0.25) is 0 Å². The van der Waals surface area contributed by atoms with E-state index in [1.165, 1.54) is 13.0 Å². The molecule has 1 amide bonds. The van der Waals surface area contributed by atoms with E-state index in [1.807, 2.05) is 12.1 Å². The van der Waals surface area contributed by atoms with Gasteiger partial charge in [-0.2, -0.15) is 0 Å². The van der Waals surface area contributed by atoms with Gasteiger partial charge in [0.1, 0.15) is 17.0 Å². The smallest absolute Gasteiger partial charge is 0.359 e. The molecule has 0 saturated carbocycles. The van der Waals surface area contributed by atoms with Crippen molar-refractivity contribution in [3.63, 3.8) is 0 Å². The number of amides is 1. The van der Waals surface area contributed by atoms with Crippen LogP contribution in [-0.2, 0) is 10.2 Å². The van der Waals surface area contributed by atoms with Gasteiger partial charge in [0.15, 0.2) is 0 Å². The standard InChI is InChI=1S/C20H23NO5/c1-6-25-18(23)15-11-16(19(24)26-12(15)2)21-17(22)13-7-9-14(10-8-13)20(3,4)5/h7-11H,6H2,1-5H3,(H,21,22). The van der Waals surface area contributed by atoms with Gasteiger partial charge in [-0.15, -0.1) is 0 Å². The summed E-state index contributed by atoms with van der Waals surface area (Å²) in [5.74, 6) is -0.934. The molecule has 6 nitrogen and oxygen atoms in total. The number of aryl methyl sites for hydroxylation is 1. The minimum Gasteiger partial charge on any atom is -0.462 e. The molecule has 138 valence electrons. The van der Waals surface area contributed by atoms with Gasteiger partial charge in [0.05, 0.1) is 6.61 Å². The molecule has 0 aliphatic carbocycles. The molecule has 2 rings (SSSR count). The third kappa shape index (κ3) is 4.39. The number of anilines is 1. The monoisotopic (exact) mass is 357 g/mol. The van der Waals surface area contributed by atoms with Gasteiger partial charge >= 0.3 is 11.6 Å². The summed E-state index contributed by atoms with van der Waals surface area (Å²) in [6, 6.07) is 8.41. The largest absolute Gasteiger partial charge is 0.462 e. The molecule has 0 aliphatic rings. The van der Waals surface area contributed by atoms with Crippen LogP contribution in [0.1, 0.15) is 59.7 Å². The van der Waals surface area contributed by atoms with Crippen molar-refractivity contribution >= 4 is 17.6 Å². The van der Waals surface area contributed by atoms with Crippen molar-refractivity contribution in [3.05, 3.63) is 63.2 Å². The van der Waals surface area contributed by atoms with Crippen molar-refractivity contribution in [1.82, 2.24) is 0 Å². The molecular formula is C20H23NO5. The van der Waals surface area contributed by atoms with E-state index in [9.17, 15) is 14.4 Å². The summed E-state index contributed by atoms with van der Waals surface area (Å²) in [4.78, 5) is 36.3. The molecular weight excluding hydrogens is 334 g/mol. The van der Waals surface area contributed by atoms with Crippen LogP contribution < -0.4 is 10.9 Å². The summed E-state index contributed by atoms with van der Waals surface area (Å²) in [6.45, 7) is 9.60. The lowest BCUT2D eigenvalue weighted by atomic mass is 9.87. The first kappa shape index (κ1) is 19.4. The number of benzene rings is 1. The van der Waals surface area contributed by atoms with Gasteiger partial charge in [0, 0.05) is 5.56 Å². The molecule has 0 atom stereocenters. The molecule has 6 heteroatoms. The lowest BCUT2D eigenvalue weighted by Crippen LogP contribution is -2.20. The molecule has 26 heavy (non-hydrogen) atoms. The quantitative estimate of drug-likeness (QED) is 0.844. The molecule has 0 radical (unpaired) electrons. The first-order valence-electron chi connectivity index (χ1n) is 8.37. The number of esters is 1. The Labute approximate surface area is 152 Å². The summed E-state index contributed by atoms with van der Waals surface area (Å²) in [6.07, 6.45) is 0. The molecule has 1 N–H and O–H groups in total. The molecule has 0 fully saturated rings. The van der Waals surface area contributed by atoms with E-state index in [1.54, 1.807) is 19.1 Å². The fourth-order valence-corrected chi connectivity index (χ4v) is 2.37. The molecule has 2 aromatic rings. The first-order valence-corrected chi connectivity index (χ1v) is 8.37. The highest BCUT2D eigenvalue weighted by atomic mass is 16.5. The van der Waals surface area contributed by atoms with Gasteiger partial charge in [-0.05, 0) is 43.0 Å². The maximum Gasteiger partial charge on any atom is 0.359 e. The van der Waals surface area contributed by atoms with Gasteiger partial charge in [0.25, 0.3) is 5.91 Å². The maximum absolute atomic E-state index is 12.4. The van der Waals surface area contributed by atoms with E-state index in [0.29, 0.717) is 5.56 Å². The van der Waals surface area contributed by atoms with Gasteiger partial charge in [0.2, 0.25) is 0 Å². The number of ether oxygens (including phenoxy) is 1. The Morgan fingerprint density at radius 1 is 1.15 bits per heavy atom. The molecule has 0 aliphatic heterocycles. The fourth-order valence-electron chi connectivity index (χ4n) is 2.37. The average molecular weight is 357 g/mol. The van der Waals surface area contributed by atoms with Crippen molar-refractivity contribution in [2.45, 2.75) is 40.0 Å². The van der Waals surface area contributed by atoms with Crippen molar-refractivity contribution in [2.24, 2.45) is 0 Å². The number of hydrogen-bond acceptors (Lipinski definition) is 5. The fraction of sp³-hybridized carbons (Fsp3) is 0.350. The van der Waals surface area contributed by atoms with E-state index in [4.69, 9.17) is 9.15 Å². The topological polar surface area (TPSA) is 85.6 Å². The Morgan fingerprint density at radius 3 is 2.31 bits per heavy atom. The van der Waals surface area contributed by atoms with Crippen LogP contribution in [0.25, 0.3) is 0 Å². The average Bonchev–Trinajstić information content (AvgIpc) is 2.56. The minimum absolute atomic E-state index is 0.0262. The predicted octanol–water partition coefficient (Wildman–Crippen LogP) is 3.67. The van der Waals surface area contributed by atoms with Crippen LogP contribution in [0.5, 0.6) is 0 Å². The predicted molar refractivity (Wildman–Crippen MR) is 98.8 cm³/mol. The van der Waals surface area contributed by atoms with Crippen molar-refractivity contribution in [2.75, 3.05) is 11.9 Å². The van der Waals surface area contributed by atoms with Crippen LogP contribution in [0.15, 0.2) is 39.5 Å². The maximum atomic E-state index is 12.4. The SMILES string of the molecule is CCOC(=O)c1cc(NC(=O)c2ccc(C(C)(C)C)cc2)c(=O)oc1C. The van der Waals surface area contributed by atoms with Gasteiger partial charge in [-0.25, -0.2) is 9.59 Å². The van der Waals surface area contributed by atoms with Crippen LogP contribution in [0, 0.1) is 6.92 Å². The molecule has 1 heterocycles. The van der Waals surface area contributed by atoms with Gasteiger partial charge < -0.3 is 14.5 Å². The van der Waals surface area contributed by atoms with Crippen molar-refractivity contribution in [1.29, 1.82) is 0 Å². The minimum atomic E-state index is -0.727. The summed E-state index contributed by atoms with van der Waals surface area (Å²) in [7, 11) is 0. The summed E-state index contributed by atoms with van der Waals surface area (Å²) >= 11 is 0. The van der Waals surface area contributed by atoms with E-state index in [-0.39, 0.29) is 29.0 Å². The Hall–Kier alpha value is -2.89. The second kappa shape index (κ2) is 7.56. The Morgan fingerprint density at radius 2 is 1.77 bits per heavy atom. The zero-order chi connectivity index (χ0) is 19.5. The number of carbonyl (C=O) groups is 2.